The minimum absolute atomic E-state index is 0.490. The van der Waals surface area contributed by atoms with Gasteiger partial charge in [-0.15, -0.1) is 0 Å². The Bertz CT molecular complexity index is 491. The fourth-order valence-electron chi connectivity index (χ4n) is 1.88. The third kappa shape index (κ3) is 2.97. The van der Waals surface area contributed by atoms with Crippen LogP contribution in [-0.4, -0.2) is 21.2 Å². The van der Waals surface area contributed by atoms with E-state index >= 15 is 0 Å². The molecule has 0 aliphatic rings. The van der Waals surface area contributed by atoms with Crippen molar-refractivity contribution in [2.45, 2.75) is 19.1 Å². The lowest BCUT2D eigenvalue weighted by Crippen LogP contribution is -2.35. The van der Waals surface area contributed by atoms with Crippen molar-refractivity contribution >= 4 is 0 Å². The molecule has 1 atom stereocenters. The Labute approximate surface area is 107 Å². The number of imidazole rings is 1. The molecule has 0 saturated carbocycles. The largest absolute Gasteiger partial charge is 0.384 e. The van der Waals surface area contributed by atoms with Crippen LogP contribution in [0.2, 0.25) is 0 Å². The van der Waals surface area contributed by atoms with Crippen molar-refractivity contribution in [1.82, 2.24) is 14.9 Å². The molecule has 0 bridgehead atoms. The Hall–Kier alpha value is -1.65. The van der Waals surface area contributed by atoms with E-state index in [1.807, 2.05) is 55.1 Å². The predicted octanol–water partition coefficient (Wildman–Crippen LogP) is 1.42. The molecule has 1 aromatic carbocycles. The second-order valence-electron chi connectivity index (χ2n) is 4.70. The van der Waals surface area contributed by atoms with E-state index in [-0.39, 0.29) is 0 Å². The molecule has 1 unspecified atom stereocenters. The molecule has 0 fully saturated rings. The standard InChI is InChI=1S/C14H19N3O/c1-14(18,12-6-4-3-5-7-12)11-15-10-13-16-8-9-17(13)2/h3-9,15,18H,10-11H2,1-2H3. The highest BCUT2D eigenvalue weighted by atomic mass is 16.3. The molecule has 0 radical (unpaired) electrons. The van der Waals surface area contributed by atoms with Crippen molar-refractivity contribution in [1.29, 1.82) is 0 Å². The first-order valence-electron chi connectivity index (χ1n) is 6.04. The van der Waals surface area contributed by atoms with Gasteiger partial charge < -0.3 is 15.0 Å². The van der Waals surface area contributed by atoms with Crippen LogP contribution in [0.15, 0.2) is 42.7 Å². The van der Waals surface area contributed by atoms with Crippen molar-refractivity contribution in [2.75, 3.05) is 6.54 Å². The highest BCUT2D eigenvalue weighted by molar-refractivity contribution is 5.21. The van der Waals surface area contributed by atoms with Gasteiger partial charge in [-0.1, -0.05) is 30.3 Å². The van der Waals surface area contributed by atoms with E-state index in [4.69, 9.17) is 0 Å². The lowest BCUT2D eigenvalue weighted by atomic mass is 9.96. The van der Waals surface area contributed by atoms with Crippen LogP contribution in [0.3, 0.4) is 0 Å². The molecule has 18 heavy (non-hydrogen) atoms. The summed E-state index contributed by atoms with van der Waals surface area (Å²) in [6, 6.07) is 9.68. The SMILES string of the molecule is Cn1ccnc1CNCC(C)(O)c1ccccc1. The molecule has 0 aliphatic carbocycles. The van der Waals surface area contributed by atoms with Crippen LogP contribution in [0.4, 0.5) is 0 Å². The number of nitrogens with one attached hydrogen (secondary N) is 1. The quantitative estimate of drug-likeness (QED) is 0.837. The number of hydrogen-bond acceptors (Lipinski definition) is 3. The van der Waals surface area contributed by atoms with E-state index in [2.05, 4.69) is 10.3 Å². The summed E-state index contributed by atoms with van der Waals surface area (Å²) in [4.78, 5) is 4.23. The van der Waals surface area contributed by atoms with E-state index in [0.29, 0.717) is 13.1 Å². The van der Waals surface area contributed by atoms with Gasteiger partial charge in [0.1, 0.15) is 5.82 Å². The Morgan fingerprint density at radius 1 is 1.33 bits per heavy atom. The highest BCUT2D eigenvalue weighted by Crippen LogP contribution is 2.18. The maximum Gasteiger partial charge on any atom is 0.122 e. The average molecular weight is 245 g/mol. The maximum absolute atomic E-state index is 10.4. The number of nitrogens with zero attached hydrogens (tertiary/aromatic N) is 2. The summed E-state index contributed by atoms with van der Waals surface area (Å²) in [5.41, 5.74) is 0.0456. The van der Waals surface area contributed by atoms with Crippen LogP contribution in [0.1, 0.15) is 18.3 Å². The van der Waals surface area contributed by atoms with Gasteiger partial charge >= 0.3 is 0 Å². The van der Waals surface area contributed by atoms with Gasteiger partial charge in [0.15, 0.2) is 0 Å². The molecule has 1 aromatic heterocycles. The summed E-state index contributed by atoms with van der Waals surface area (Å²) in [6.45, 7) is 2.95. The Kier molecular flexibility index (Phi) is 3.79. The molecule has 1 heterocycles. The molecule has 96 valence electrons. The molecule has 0 aliphatic heterocycles. The number of aryl methyl sites for hydroxylation is 1. The smallest absolute Gasteiger partial charge is 0.122 e. The van der Waals surface area contributed by atoms with Gasteiger partial charge in [0.25, 0.3) is 0 Å². The van der Waals surface area contributed by atoms with Gasteiger partial charge in [-0.3, -0.25) is 0 Å². The molecule has 2 N–H and O–H groups in total. The van der Waals surface area contributed by atoms with Gasteiger partial charge in [-0.25, -0.2) is 4.98 Å². The zero-order chi connectivity index (χ0) is 13.0. The Morgan fingerprint density at radius 2 is 2.06 bits per heavy atom. The van der Waals surface area contributed by atoms with Gasteiger partial charge in [-0.05, 0) is 12.5 Å². The van der Waals surface area contributed by atoms with Crippen LogP contribution < -0.4 is 5.32 Å². The summed E-state index contributed by atoms with van der Waals surface area (Å²) in [5.74, 6) is 0.957. The number of aromatic nitrogens is 2. The average Bonchev–Trinajstić information content (AvgIpc) is 2.76. The molecule has 2 rings (SSSR count). The molecule has 0 spiro atoms. The number of hydrogen-bond donors (Lipinski definition) is 2. The highest BCUT2D eigenvalue weighted by Gasteiger charge is 2.22. The van der Waals surface area contributed by atoms with E-state index in [1.165, 1.54) is 0 Å². The summed E-state index contributed by atoms with van der Waals surface area (Å²) in [5, 5.41) is 13.6. The van der Waals surface area contributed by atoms with Gasteiger partial charge in [0, 0.05) is 26.0 Å². The lowest BCUT2D eigenvalue weighted by molar-refractivity contribution is 0.0564. The normalized spacial score (nSPS) is 14.4. The van der Waals surface area contributed by atoms with Crippen molar-refractivity contribution < 1.29 is 5.11 Å². The molecule has 4 heteroatoms. The minimum Gasteiger partial charge on any atom is -0.384 e. The Balaban J connectivity index is 1.92. The van der Waals surface area contributed by atoms with Crippen molar-refractivity contribution in [3.63, 3.8) is 0 Å². The fraction of sp³-hybridized carbons (Fsp3) is 0.357. The van der Waals surface area contributed by atoms with Gasteiger partial charge in [-0.2, -0.15) is 0 Å². The first kappa shape index (κ1) is 12.8. The van der Waals surface area contributed by atoms with Crippen LogP contribution in [-0.2, 0) is 19.2 Å². The first-order valence-corrected chi connectivity index (χ1v) is 6.04. The molecule has 0 amide bonds. The van der Waals surface area contributed by atoms with Crippen molar-refractivity contribution in [3.05, 3.63) is 54.1 Å². The first-order chi connectivity index (χ1) is 8.59. The molecular weight excluding hydrogens is 226 g/mol. The van der Waals surface area contributed by atoms with E-state index in [9.17, 15) is 5.11 Å². The van der Waals surface area contributed by atoms with Gasteiger partial charge in [0.05, 0.1) is 12.1 Å². The van der Waals surface area contributed by atoms with E-state index in [1.54, 1.807) is 6.20 Å². The summed E-state index contributed by atoms with van der Waals surface area (Å²) >= 11 is 0. The minimum atomic E-state index is -0.869. The maximum atomic E-state index is 10.4. The van der Waals surface area contributed by atoms with E-state index < -0.39 is 5.60 Å². The van der Waals surface area contributed by atoms with Crippen molar-refractivity contribution in [2.24, 2.45) is 7.05 Å². The molecular formula is C14H19N3O. The predicted molar refractivity (Wildman–Crippen MR) is 70.9 cm³/mol. The summed E-state index contributed by atoms with van der Waals surface area (Å²) < 4.78 is 1.96. The lowest BCUT2D eigenvalue weighted by Gasteiger charge is -2.24. The third-order valence-electron chi connectivity index (χ3n) is 3.07. The zero-order valence-electron chi connectivity index (χ0n) is 10.8. The number of benzene rings is 1. The van der Waals surface area contributed by atoms with Gasteiger partial charge in [0.2, 0.25) is 0 Å². The second-order valence-corrected chi connectivity index (χ2v) is 4.70. The molecule has 2 aromatic rings. The molecule has 4 nitrogen and oxygen atoms in total. The van der Waals surface area contributed by atoms with Crippen LogP contribution in [0.25, 0.3) is 0 Å². The van der Waals surface area contributed by atoms with Crippen molar-refractivity contribution in [3.8, 4) is 0 Å². The molecule has 0 saturated heterocycles. The topological polar surface area (TPSA) is 50.1 Å². The fourth-order valence-corrected chi connectivity index (χ4v) is 1.88. The van der Waals surface area contributed by atoms with Crippen LogP contribution >= 0.6 is 0 Å². The monoisotopic (exact) mass is 245 g/mol. The van der Waals surface area contributed by atoms with Crippen LogP contribution in [0, 0.1) is 0 Å². The summed E-state index contributed by atoms with van der Waals surface area (Å²) in [6.07, 6.45) is 3.68. The number of aliphatic hydroxyl groups is 1. The Morgan fingerprint density at radius 3 is 2.67 bits per heavy atom. The second kappa shape index (κ2) is 5.33. The van der Waals surface area contributed by atoms with E-state index in [0.717, 1.165) is 11.4 Å². The number of rotatable bonds is 5. The summed E-state index contributed by atoms with van der Waals surface area (Å²) in [7, 11) is 1.96. The zero-order valence-corrected chi connectivity index (χ0v) is 10.8. The van der Waals surface area contributed by atoms with Crippen LogP contribution in [0.5, 0.6) is 0 Å². The third-order valence-corrected chi connectivity index (χ3v) is 3.07.